The summed E-state index contributed by atoms with van der Waals surface area (Å²) in [5, 5.41) is 4.34. The molecule has 1 saturated carbocycles. The number of carbonyl (C=O) groups is 1. The average molecular weight is 381 g/mol. The van der Waals surface area contributed by atoms with Crippen LogP contribution in [-0.4, -0.2) is 37.1 Å². The molecule has 4 heterocycles. The molecule has 1 aromatic carbocycles. The summed E-state index contributed by atoms with van der Waals surface area (Å²) in [6.07, 6.45) is 6.54. The van der Waals surface area contributed by atoms with Crippen LogP contribution in [0.15, 0.2) is 67.1 Å². The molecule has 0 spiro atoms. The maximum atomic E-state index is 13.0. The van der Waals surface area contributed by atoms with E-state index in [2.05, 4.69) is 16.1 Å². The van der Waals surface area contributed by atoms with Crippen molar-refractivity contribution >= 4 is 16.9 Å². The number of rotatable bonds is 4. The van der Waals surface area contributed by atoms with Crippen LogP contribution in [0.4, 0.5) is 0 Å². The number of pyridine rings is 2. The highest BCUT2D eigenvalue weighted by atomic mass is 16.2. The van der Waals surface area contributed by atoms with E-state index in [0.717, 1.165) is 46.5 Å². The molecule has 0 bridgehead atoms. The van der Waals surface area contributed by atoms with Crippen molar-refractivity contribution in [3.05, 3.63) is 83.9 Å². The number of amides is 1. The van der Waals surface area contributed by atoms with Gasteiger partial charge in [0.2, 0.25) is 0 Å². The van der Waals surface area contributed by atoms with Crippen LogP contribution in [0.5, 0.6) is 0 Å². The number of carbonyl (C=O) groups excluding carboxylic acids is 1. The van der Waals surface area contributed by atoms with Gasteiger partial charge >= 0.3 is 0 Å². The van der Waals surface area contributed by atoms with Gasteiger partial charge in [-0.15, -0.1) is 0 Å². The fraction of sp³-hybridized carbons (Fsp3) is 0.217. The molecule has 0 radical (unpaired) electrons. The Kier molecular flexibility index (Phi) is 3.53. The van der Waals surface area contributed by atoms with E-state index in [1.54, 1.807) is 12.4 Å². The van der Waals surface area contributed by atoms with Crippen LogP contribution in [0, 0.1) is 5.92 Å². The van der Waals surface area contributed by atoms with Crippen LogP contribution in [0.3, 0.4) is 0 Å². The lowest BCUT2D eigenvalue weighted by atomic mass is 10.1. The Bertz CT molecular complexity index is 1230. The second-order valence-electron chi connectivity index (χ2n) is 7.82. The third-order valence-corrected chi connectivity index (χ3v) is 6.00. The zero-order valence-electron chi connectivity index (χ0n) is 15.8. The third-order valence-electron chi connectivity index (χ3n) is 6.00. The van der Waals surface area contributed by atoms with E-state index in [4.69, 9.17) is 4.98 Å². The molecule has 0 N–H and O–H groups in total. The standard InChI is InChI=1S/C23H19N5O/c29-23-16-4-1-6-22(28-11-3-10-25-28)18(16)14-27(23)13-15-12-17(15)19-7-8-20-21(26-19)5-2-9-24-20/h1-11,15,17H,12-14H2/t15?,17-/m1/s1. The summed E-state index contributed by atoms with van der Waals surface area (Å²) in [6, 6.07) is 15.8. The summed E-state index contributed by atoms with van der Waals surface area (Å²) >= 11 is 0. The van der Waals surface area contributed by atoms with Crippen molar-refractivity contribution in [2.24, 2.45) is 5.92 Å². The van der Waals surface area contributed by atoms with Gasteiger partial charge in [0, 0.05) is 54.4 Å². The summed E-state index contributed by atoms with van der Waals surface area (Å²) in [5.74, 6) is 1.00. The molecule has 1 aliphatic carbocycles. The normalized spacial score (nSPS) is 20.3. The van der Waals surface area contributed by atoms with Crippen molar-refractivity contribution < 1.29 is 4.79 Å². The van der Waals surface area contributed by atoms with Crippen LogP contribution in [0.25, 0.3) is 16.7 Å². The maximum absolute atomic E-state index is 13.0. The summed E-state index contributed by atoms with van der Waals surface area (Å²) in [5.41, 5.74) is 5.81. The van der Waals surface area contributed by atoms with E-state index in [9.17, 15) is 4.79 Å². The lowest BCUT2D eigenvalue weighted by Crippen LogP contribution is -2.26. The highest BCUT2D eigenvalue weighted by Gasteiger charge is 2.43. The van der Waals surface area contributed by atoms with Crippen molar-refractivity contribution in [3.63, 3.8) is 0 Å². The molecule has 1 amide bonds. The molecule has 1 aliphatic heterocycles. The lowest BCUT2D eigenvalue weighted by molar-refractivity contribution is 0.0770. The SMILES string of the molecule is O=C1c2cccc(-n3cccn3)c2CN1CC1C[C@H]1c1ccc2ncccc2n1. The minimum Gasteiger partial charge on any atom is -0.334 e. The Morgan fingerprint density at radius 2 is 1.97 bits per heavy atom. The van der Waals surface area contributed by atoms with Gasteiger partial charge < -0.3 is 4.90 Å². The number of fused-ring (bicyclic) bond motifs is 2. The number of benzene rings is 1. The number of aromatic nitrogens is 4. The molecule has 1 unspecified atom stereocenters. The topological polar surface area (TPSA) is 63.9 Å². The Labute approximate surface area is 167 Å². The molecule has 2 aliphatic rings. The average Bonchev–Trinajstić information content (AvgIpc) is 3.16. The van der Waals surface area contributed by atoms with Crippen LogP contribution < -0.4 is 0 Å². The van der Waals surface area contributed by atoms with E-state index in [0.29, 0.717) is 18.4 Å². The monoisotopic (exact) mass is 381 g/mol. The zero-order valence-corrected chi connectivity index (χ0v) is 15.8. The Balaban J connectivity index is 1.21. The van der Waals surface area contributed by atoms with Gasteiger partial charge in [-0.1, -0.05) is 6.07 Å². The van der Waals surface area contributed by atoms with Crippen LogP contribution >= 0.6 is 0 Å². The molecule has 29 heavy (non-hydrogen) atoms. The van der Waals surface area contributed by atoms with E-state index < -0.39 is 0 Å². The largest absolute Gasteiger partial charge is 0.334 e. The van der Waals surface area contributed by atoms with Crippen molar-refractivity contribution in [3.8, 4) is 5.69 Å². The predicted molar refractivity (Wildman–Crippen MR) is 109 cm³/mol. The first-order valence-corrected chi connectivity index (χ1v) is 9.91. The van der Waals surface area contributed by atoms with E-state index in [1.165, 1.54) is 0 Å². The van der Waals surface area contributed by atoms with Crippen molar-refractivity contribution in [2.45, 2.75) is 18.9 Å². The van der Waals surface area contributed by atoms with Crippen LogP contribution in [0.2, 0.25) is 0 Å². The van der Waals surface area contributed by atoms with Gasteiger partial charge in [0.05, 0.1) is 16.7 Å². The summed E-state index contributed by atoms with van der Waals surface area (Å²) < 4.78 is 1.84. The molecule has 1 fully saturated rings. The quantitative estimate of drug-likeness (QED) is 0.542. The van der Waals surface area contributed by atoms with Crippen molar-refractivity contribution in [2.75, 3.05) is 6.54 Å². The highest BCUT2D eigenvalue weighted by molar-refractivity contribution is 5.99. The molecule has 2 atom stereocenters. The minimum absolute atomic E-state index is 0.121. The smallest absolute Gasteiger partial charge is 0.254 e. The Morgan fingerprint density at radius 3 is 2.86 bits per heavy atom. The Morgan fingerprint density at radius 1 is 1.00 bits per heavy atom. The van der Waals surface area contributed by atoms with Crippen molar-refractivity contribution in [1.82, 2.24) is 24.6 Å². The number of nitrogens with zero attached hydrogens (tertiary/aromatic N) is 5. The fourth-order valence-electron chi connectivity index (χ4n) is 4.42. The minimum atomic E-state index is 0.121. The van der Waals surface area contributed by atoms with E-state index in [1.807, 2.05) is 58.2 Å². The molecule has 6 heteroatoms. The number of hydrogen-bond acceptors (Lipinski definition) is 4. The first-order valence-electron chi connectivity index (χ1n) is 9.91. The molecule has 3 aromatic heterocycles. The van der Waals surface area contributed by atoms with E-state index in [-0.39, 0.29) is 5.91 Å². The molecule has 4 aromatic rings. The molecule has 142 valence electrons. The highest BCUT2D eigenvalue weighted by Crippen LogP contribution is 2.48. The van der Waals surface area contributed by atoms with Gasteiger partial charge in [-0.2, -0.15) is 5.10 Å². The summed E-state index contributed by atoms with van der Waals surface area (Å²) in [7, 11) is 0. The Hall–Kier alpha value is -3.54. The molecule has 6 rings (SSSR count). The van der Waals surface area contributed by atoms with Crippen LogP contribution in [0.1, 0.15) is 34.0 Å². The third kappa shape index (κ3) is 2.71. The van der Waals surface area contributed by atoms with Crippen LogP contribution in [-0.2, 0) is 6.54 Å². The first-order chi connectivity index (χ1) is 14.3. The summed E-state index contributed by atoms with van der Waals surface area (Å²) in [4.78, 5) is 24.1. The molecular formula is C23H19N5O. The lowest BCUT2D eigenvalue weighted by Gasteiger charge is -2.15. The van der Waals surface area contributed by atoms with Gasteiger partial charge in [0.1, 0.15) is 0 Å². The van der Waals surface area contributed by atoms with Crippen molar-refractivity contribution in [1.29, 1.82) is 0 Å². The summed E-state index contributed by atoms with van der Waals surface area (Å²) in [6.45, 7) is 1.41. The molecular weight excluding hydrogens is 362 g/mol. The predicted octanol–water partition coefficient (Wildman–Crippen LogP) is 3.58. The van der Waals surface area contributed by atoms with Gasteiger partial charge in [-0.05, 0) is 54.8 Å². The number of hydrogen-bond donors (Lipinski definition) is 0. The van der Waals surface area contributed by atoms with Gasteiger partial charge in [-0.3, -0.25) is 14.8 Å². The second kappa shape index (κ2) is 6.24. The maximum Gasteiger partial charge on any atom is 0.254 e. The van der Waals surface area contributed by atoms with Gasteiger partial charge in [0.25, 0.3) is 5.91 Å². The first kappa shape index (κ1) is 16.4. The van der Waals surface area contributed by atoms with E-state index >= 15 is 0 Å². The fourth-order valence-corrected chi connectivity index (χ4v) is 4.42. The van der Waals surface area contributed by atoms with Gasteiger partial charge in [-0.25, -0.2) is 4.68 Å². The zero-order chi connectivity index (χ0) is 19.4. The molecule has 0 saturated heterocycles. The molecule has 6 nitrogen and oxygen atoms in total. The van der Waals surface area contributed by atoms with Gasteiger partial charge in [0.15, 0.2) is 0 Å². The second-order valence-corrected chi connectivity index (χ2v) is 7.82.